The van der Waals surface area contributed by atoms with E-state index in [-0.39, 0.29) is 5.69 Å². The summed E-state index contributed by atoms with van der Waals surface area (Å²) in [5.74, 6) is -0.593. The summed E-state index contributed by atoms with van der Waals surface area (Å²) in [4.78, 5) is 16.1. The molecule has 0 bridgehead atoms. The predicted molar refractivity (Wildman–Crippen MR) is 120 cm³/mol. The van der Waals surface area contributed by atoms with Crippen molar-refractivity contribution in [1.82, 2.24) is 4.98 Å². The second-order valence-corrected chi connectivity index (χ2v) is 8.75. The number of ether oxygens (including phenoxy) is 1. The molecule has 154 valence electrons. The third-order valence-electron chi connectivity index (χ3n) is 4.63. The summed E-state index contributed by atoms with van der Waals surface area (Å²) >= 11 is -2.44. The number of rotatable bonds is 4. The van der Waals surface area contributed by atoms with Gasteiger partial charge in [0, 0.05) is 16.3 Å². The van der Waals surface area contributed by atoms with Crippen molar-refractivity contribution < 1.29 is 18.3 Å². The molecule has 0 saturated heterocycles. The Morgan fingerprint density at radius 2 is 1.60 bits per heavy atom. The second-order valence-electron chi connectivity index (χ2n) is 7.92. The quantitative estimate of drug-likeness (QED) is 0.334. The summed E-state index contributed by atoms with van der Waals surface area (Å²) in [6, 6.07) is 20.4. The molecule has 0 aliphatic carbocycles. The summed E-state index contributed by atoms with van der Waals surface area (Å²) in [7, 11) is 0. The van der Waals surface area contributed by atoms with Gasteiger partial charge >= 0.3 is 5.97 Å². The van der Waals surface area contributed by atoms with Crippen molar-refractivity contribution in [2.45, 2.75) is 26.4 Å². The summed E-state index contributed by atoms with van der Waals surface area (Å²) in [6.45, 7) is 5.33. The second kappa shape index (κ2) is 7.59. The van der Waals surface area contributed by atoms with Crippen molar-refractivity contribution in [3.8, 4) is 0 Å². The van der Waals surface area contributed by atoms with Crippen LogP contribution in [0.1, 0.15) is 31.3 Å². The average molecular weight is 423 g/mol. The van der Waals surface area contributed by atoms with E-state index in [0.717, 1.165) is 10.8 Å². The first-order valence-corrected chi connectivity index (χ1v) is 10.6. The Morgan fingerprint density at radius 3 is 2.30 bits per heavy atom. The number of carbonyl (C=O) groups excluding carboxylic acids is 1. The predicted octanol–water partition coefficient (Wildman–Crippen LogP) is 5.55. The minimum Gasteiger partial charge on any atom is -0.455 e. The van der Waals surface area contributed by atoms with Gasteiger partial charge in [-0.2, -0.15) is 0 Å². The Morgan fingerprint density at radius 1 is 0.967 bits per heavy atom. The topological polar surface area (TPSA) is 82.6 Å². The van der Waals surface area contributed by atoms with Crippen molar-refractivity contribution in [2.24, 2.45) is 0 Å². The molecule has 4 aromatic rings. The molecule has 0 spiro atoms. The first-order chi connectivity index (χ1) is 14.3. The van der Waals surface area contributed by atoms with E-state index in [1.165, 1.54) is 4.31 Å². The van der Waals surface area contributed by atoms with Gasteiger partial charge < -0.3 is 9.72 Å². The zero-order chi connectivity index (χ0) is 21.5. The van der Waals surface area contributed by atoms with Crippen LogP contribution in [0.15, 0.2) is 66.7 Å². The molecule has 1 aromatic heterocycles. The highest BCUT2D eigenvalue weighted by molar-refractivity contribution is 7.81. The normalized spacial score (nSPS) is 12.8. The fraction of sp³-hybridized carbons (Fsp3) is 0.174. The molecular weight excluding hydrogens is 400 g/mol. The van der Waals surface area contributed by atoms with Crippen LogP contribution in [0.4, 0.5) is 11.4 Å². The number of nitrogens with one attached hydrogen (secondary N) is 1. The van der Waals surface area contributed by atoms with Gasteiger partial charge in [0.2, 0.25) is 0 Å². The standard InChI is InChI=1S/C23H22N2O4S/c1-23(2,3)29-22(26)20-21(17-12-6-7-13-18(17)24-20)25(30(27)28)19-14-8-10-15-9-4-5-11-16(15)19/h4-14,24H,1-3H3,(H,27,28). The molecule has 1 heterocycles. The molecule has 0 aliphatic rings. The van der Waals surface area contributed by atoms with Crippen molar-refractivity contribution in [2.75, 3.05) is 4.31 Å². The third-order valence-corrected chi connectivity index (χ3v) is 5.32. The smallest absolute Gasteiger partial charge is 0.357 e. The van der Waals surface area contributed by atoms with Crippen LogP contribution in [-0.4, -0.2) is 25.3 Å². The number of esters is 1. The number of H-pyrrole nitrogens is 1. The summed E-state index contributed by atoms with van der Waals surface area (Å²) in [5, 5.41) is 2.36. The number of aromatic nitrogens is 1. The van der Waals surface area contributed by atoms with Crippen LogP contribution < -0.4 is 4.31 Å². The molecule has 3 aromatic carbocycles. The average Bonchev–Trinajstić information content (AvgIpc) is 3.06. The zero-order valence-electron chi connectivity index (χ0n) is 16.9. The Labute approximate surface area is 176 Å². The lowest BCUT2D eigenvalue weighted by atomic mass is 10.1. The summed E-state index contributed by atoms with van der Waals surface area (Å²) < 4.78 is 29.8. The van der Waals surface area contributed by atoms with E-state index in [1.54, 1.807) is 32.9 Å². The molecule has 0 fully saturated rings. The molecule has 6 nitrogen and oxygen atoms in total. The fourth-order valence-electron chi connectivity index (χ4n) is 3.48. The molecular formula is C23H22N2O4S. The number of fused-ring (bicyclic) bond motifs is 2. The Balaban J connectivity index is 2.00. The monoisotopic (exact) mass is 422 g/mol. The maximum atomic E-state index is 13.0. The van der Waals surface area contributed by atoms with Crippen molar-refractivity contribution in [1.29, 1.82) is 0 Å². The first-order valence-electron chi connectivity index (χ1n) is 9.49. The van der Waals surface area contributed by atoms with Gasteiger partial charge in [0.05, 0.1) is 11.4 Å². The SMILES string of the molecule is CC(C)(C)OC(=O)c1[nH]c2ccccc2c1N(c1cccc2ccccc12)S(=O)O. The third kappa shape index (κ3) is 3.69. The van der Waals surface area contributed by atoms with E-state index < -0.39 is 22.8 Å². The molecule has 1 unspecified atom stereocenters. The van der Waals surface area contributed by atoms with Gasteiger partial charge in [-0.05, 0) is 38.3 Å². The van der Waals surface area contributed by atoms with Gasteiger partial charge in [-0.25, -0.2) is 13.3 Å². The van der Waals surface area contributed by atoms with Crippen LogP contribution in [-0.2, 0) is 16.0 Å². The molecule has 30 heavy (non-hydrogen) atoms. The zero-order valence-corrected chi connectivity index (χ0v) is 17.7. The minimum atomic E-state index is -2.44. The lowest BCUT2D eigenvalue weighted by Crippen LogP contribution is -2.26. The van der Waals surface area contributed by atoms with Crippen LogP contribution >= 0.6 is 0 Å². The van der Waals surface area contributed by atoms with E-state index in [2.05, 4.69) is 4.98 Å². The molecule has 7 heteroatoms. The first kappa shape index (κ1) is 20.1. The maximum absolute atomic E-state index is 13.0. The van der Waals surface area contributed by atoms with Gasteiger partial charge in [0.25, 0.3) is 11.3 Å². The Bertz CT molecular complexity index is 1270. The van der Waals surface area contributed by atoms with Crippen LogP contribution in [0.2, 0.25) is 0 Å². The number of hydrogen-bond acceptors (Lipinski definition) is 3. The van der Waals surface area contributed by atoms with Crippen LogP contribution in [0.5, 0.6) is 0 Å². The lowest BCUT2D eigenvalue weighted by molar-refractivity contribution is 0.00650. The number of benzene rings is 3. The number of aromatic amines is 1. The number of anilines is 2. The van der Waals surface area contributed by atoms with Crippen molar-refractivity contribution in [3.63, 3.8) is 0 Å². The molecule has 0 saturated carbocycles. The highest BCUT2D eigenvalue weighted by Gasteiger charge is 2.30. The van der Waals surface area contributed by atoms with Crippen LogP contribution in [0.25, 0.3) is 21.7 Å². The van der Waals surface area contributed by atoms with Crippen molar-refractivity contribution >= 4 is 50.3 Å². The number of nitrogens with zero attached hydrogens (tertiary/aromatic N) is 1. The van der Waals surface area contributed by atoms with E-state index >= 15 is 0 Å². The van der Waals surface area contributed by atoms with E-state index in [9.17, 15) is 13.6 Å². The van der Waals surface area contributed by atoms with E-state index in [0.29, 0.717) is 22.3 Å². The largest absolute Gasteiger partial charge is 0.455 e. The van der Waals surface area contributed by atoms with Gasteiger partial charge in [0.1, 0.15) is 5.60 Å². The van der Waals surface area contributed by atoms with Gasteiger partial charge in [-0.1, -0.05) is 54.6 Å². The molecule has 0 amide bonds. The van der Waals surface area contributed by atoms with Gasteiger partial charge in [-0.15, -0.1) is 0 Å². The number of para-hydroxylation sites is 1. The summed E-state index contributed by atoms with van der Waals surface area (Å²) in [6.07, 6.45) is 0. The molecule has 4 rings (SSSR count). The van der Waals surface area contributed by atoms with Gasteiger partial charge in [0.15, 0.2) is 5.69 Å². The van der Waals surface area contributed by atoms with Gasteiger partial charge in [-0.3, -0.25) is 4.55 Å². The molecule has 0 radical (unpaired) electrons. The number of hydrogen-bond donors (Lipinski definition) is 2. The lowest BCUT2D eigenvalue weighted by Gasteiger charge is -2.24. The van der Waals surface area contributed by atoms with Crippen LogP contribution in [0, 0.1) is 0 Å². The Hall–Kier alpha value is -3.16. The highest BCUT2D eigenvalue weighted by Crippen LogP contribution is 2.40. The van der Waals surface area contributed by atoms with Crippen molar-refractivity contribution in [3.05, 3.63) is 72.4 Å². The fourth-order valence-corrected chi connectivity index (χ4v) is 4.16. The molecule has 0 aliphatic heterocycles. The van der Waals surface area contributed by atoms with E-state index in [4.69, 9.17) is 4.74 Å². The molecule has 2 N–H and O–H groups in total. The minimum absolute atomic E-state index is 0.126. The summed E-state index contributed by atoms with van der Waals surface area (Å²) in [5.41, 5.74) is 0.903. The maximum Gasteiger partial charge on any atom is 0.357 e. The van der Waals surface area contributed by atoms with E-state index in [1.807, 2.05) is 54.6 Å². The number of carbonyl (C=O) groups is 1. The molecule has 1 atom stereocenters. The Kier molecular flexibility index (Phi) is 5.09. The van der Waals surface area contributed by atoms with Crippen LogP contribution in [0.3, 0.4) is 0 Å². The highest BCUT2D eigenvalue weighted by atomic mass is 32.2.